The molecule has 1 aromatic heterocycles. The Balaban J connectivity index is 2.30. The fraction of sp³-hybridized carbons (Fsp3) is 0.524. The first-order chi connectivity index (χ1) is 12.4. The third kappa shape index (κ3) is 4.73. The number of aromatic nitrogens is 1. The Bertz CT molecular complexity index is 745. The van der Waals surface area contributed by atoms with Gasteiger partial charge in [0.05, 0.1) is 12.3 Å². The number of ether oxygens (including phenoxy) is 2. The van der Waals surface area contributed by atoms with Gasteiger partial charge in [0, 0.05) is 18.7 Å². The van der Waals surface area contributed by atoms with Crippen molar-refractivity contribution in [2.45, 2.75) is 52.6 Å². The number of benzene rings is 1. The lowest BCUT2D eigenvalue weighted by atomic mass is 9.97. The van der Waals surface area contributed by atoms with E-state index in [2.05, 4.69) is 31.1 Å². The van der Waals surface area contributed by atoms with Gasteiger partial charge in [-0.2, -0.15) is 0 Å². The smallest absolute Gasteiger partial charge is 0.256 e. The largest absolute Gasteiger partial charge is 0.491 e. The summed E-state index contributed by atoms with van der Waals surface area (Å²) in [7, 11) is 1.58. The van der Waals surface area contributed by atoms with E-state index in [1.54, 1.807) is 13.3 Å². The standard InChI is InChI=1S/C21H30N2O3/c1-6-7-12-21(4,25-5)20(24)23-17-10-11-18(26-14-15(2)3)19-16(17)9-8-13-22-19/h8-11,13,15H,6-7,12,14H2,1-5H3,(H,23,24)/t21-/m0/s1. The van der Waals surface area contributed by atoms with Crippen molar-refractivity contribution in [3.63, 3.8) is 0 Å². The van der Waals surface area contributed by atoms with Crippen molar-refractivity contribution in [1.82, 2.24) is 4.98 Å². The molecule has 0 saturated carbocycles. The highest BCUT2D eigenvalue weighted by Crippen LogP contribution is 2.31. The van der Waals surface area contributed by atoms with E-state index in [4.69, 9.17) is 9.47 Å². The van der Waals surface area contributed by atoms with Crippen LogP contribution in [0.1, 0.15) is 47.0 Å². The maximum Gasteiger partial charge on any atom is 0.256 e. The average Bonchev–Trinajstić information content (AvgIpc) is 2.65. The zero-order chi connectivity index (χ0) is 19.2. The van der Waals surface area contributed by atoms with E-state index in [0.717, 1.165) is 35.2 Å². The first-order valence-corrected chi connectivity index (χ1v) is 9.28. The van der Waals surface area contributed by atoms with Crippen LogP contribution in [0, 0.1) is 5.92 Å². The van der Waals surface area contributed by atoms with Crippen molar-refractivity contribution >= 4 is 22.5 Å². The van der Waals surface area contributed by atoms with Gasteiger partial charge in [-0.05, 0) is 43.5 Å². The maximum atomic E-state index is 12.8. The minimum Gasteiger partial charge on any atom is -0.491 e. The fourth-order valence-electron chi connectivity index (χ4n) is 2.71. The summed E-state index contributed by atoms with van der Waals surface area (Å²) in [6, 6.07) is 7.53. The molecule has 1 atom stereocenters. The zero-order valence-electron chi connectivity index (χ0n) is 16.5. The lowest BCUT2D eigenvalue weighted by Gasteiger charge is -2.27. The highest BCUT2D eigenvalue weighted by molar-refractivity contribution is 6.05. The minimum atomic E-state index is -0.850. The van der Waals surface area contributed by atoms with Crippen LogP contribution in [0.25, 0.3) is 10.9 Å². The molecule has 1 N–H and O–H groups in total. The van der Waals surface area contributed by atoms with Crippen LogP contribution < -0.4 is 10.1 Å². The molecule has 0 bridgehead atoms. The second-order valence-corrected chi connectivity index (χ2v) is 7.21. The molecule has 0 spiro atoms. The summed E-state index contributed by atoms with van der Waals surface area (Å²) < 4.78 is 11.4. The molecule has 0 aliphatic heterocycles. The summed E-state index contributed by atoms with van der Waals surface area (Å²) in [5, 5.41) is 3.88. The molecular formula is C21H30N2O3. The van der Waals surface area contributed by atoms with E-state index >= 15 is 0 Å². The number of nitrogens with one attached hydrogen (secondary N) is 1. The van der Waals surface area contributed by atoms with E-state index < -0.39 is 5.60 Å². The van der Waals surface area contributed by atoms with E-state index in [0.29, 0.717) is 18.9 Å². The van der Waals surface area contributed by atoms with E-state index in [-0.39, 0.29) is 5.91 Å². The van der Waals surface area contributed by atoms with Gasteiger partial charge >= 0.3 is 0 Å². The third-order valence-corrected chi connectivity index (χ3v) is 4.49. The second-order valence-electron chi connectivity index (χ2n) is 7.21. The van der Waals surface area contributed by atoms with Gasteiger partial charge in [0.2, 0.25) is 0 Å². The molecule has 2 rings (SSSR count). The van der Waals surface area contributed by atoms with Crippen LogP contribution in [0.4, 0.5) is 5.69 Å². The number of amides is 1. The molecule has 0 saturated heterocycles. The molecule has 5 heteroatoms. The number of carbonyl (C=O) groups excluding carboxylic acids is 1. The van der Waals surface area contributed by atoms with Gasteiger partial charge < -0.3 is 14.8 Å². The highest BCUT2D eigenvalue weighted by Gasteiger charge is 2.32. The Morgan fingerprint density at radius 3 is 2.73 bits per heavy atom. The number of methoxy groups -OCH3 is 1. The number of rotatable bonds is 9. The van der Waals surface area contributed by atoms with Crippen LogP contribution in [-0.4, -0.2) is 30.2 Å². The molecule has 26 heavy (non-hydrogen) atoms. The lowest BCUT2D eigenvalue weighted by Crippen LogP contribution is -2.42. The highest BCUT2D eigenvalue weighted by atomic mass is 16.5. The minimum absolute atomic E-state index is 0.144. The van der Waals surface area contributed by atoms with Crippen molar-refractivity contribution in [2.75, 3.05) is 19.0 Å². The number of unbranched alkanes of at least 4 members (excludes halogenated alkanes) is 1. The number of anilines is 1. The molecule has 142 valence electrons. The summed E-state index contributed by atoms with van der Waals surface area (Å²) in [4.78, 5) is 17.3. The summed E-state index contributed by atoms with van der Waals surface area (Å²) >= 11 is 0. The van der Waals surface area contributed by atoms with Crippen molar-refractivity contribution in [2.24, 2.45) is 5.92 Å². The van der Waals surface area contributed by atoms with Gasteiger partial charge in [-0.3, -0.25) is 9.78 Å². The van der Waals surface area contributed by atoms with Crippen molar-refractivity contribution in [3.05, 3.63) is 30.5 Å². The van der Waals surface area contributed by atoms with E-state index in [9.17, 15) is 4.79 Å². The molecule has 0 fully saturated rings. The first kappa shape index (κ1) is 20.2. The SMILES string of the molecule is CCCC[C@](C)(OC)C(=O)Nc1ccc(OCC(C)C)c2ncccc12. The molecule has 2 aromatic rings. The van der Waals surface area contributed by atoms with Crippen molar-refractivity contribution in [1.29, 1.82) is 0 Å². The second kappa shape index (κ2) is 8.99. The van der Waals surface area contributed by atoms with Crippen LogP contribution in [0.2, 0.25) is 0 Å². The third-order valence-electron chi connectivity index (χ3n) is 4.49. The van der Waals surface area contributed by atoms with Gasteiger partial charge in [-0.25, -0.2) is 0 Å². The fourth-order valence-corrected chi connectivity index (χ4v) is 2.71. The number of nitrogens with zero attached hydrogens (tertiary/aromatic N) is 1. The predicted octanol–water partition coefficient (Wildman–Crippen LogP) is 4.80. The topological polar surface area (TPSA) is 60.5 Å². The van der Waals surface area contributed by atoms with Crippen LogP contribution in [0.5, 0.6) is 5.75 Å². The van der Waals surface area contributed by atoms with Gasteiger partial charge in [-0.15, -0.1) is 0 Å². The number of pyridine rings is 1. The average molecular weight is 358 g/mol. The number of hydrogen-bond donors (Lipinski definition) is 1. The molecule has 0 aliphatic carbocycles. The molecule has 0 unspecified atom stereocenters. The Morgan fingerprint density at radius 2 is 2.08 bits per heavy atom. The summed E-state index contributed by atoms with van der Waals surface area (Å²) in [5.74, 6) is 1.01. The Morgan fingerprint density at radius 1 is 1.31 bits per heavy atom. The van der Waals surface area contributed by atoms with Gasteiger partial charge in [-0.1, -0.05) is 33.6 Å². The van der Waals surface area contributed by atoms with Gasteiger partial charge in [0.25, 0.3) is 5.91 Å². The van der Waals surface area contributed by atoms with Crippen LogP contribution in [0.3, 0.4) is 0 Å². The van der Waals surface area contributed by atoms with E-state index in [1.165, 1.54) is 0 Å². The Kier molecular flexibility index (Phi) is 6.98. The molecule has 0 radical (unpaired) electrons. The molecular weight excluding hydrogens is 328 g/mol. The lowest BCUT2D eigenvalue weighted by molar-refractivity contribution is -0.136. The summed E-state index contributed by atoms with van der Waals surface area (Å²) in [6.45, 7) is 8.76. The summed E-state index contributed by atoms with van der Waals surface area (Å²) in [5.41, 5.74) is 0.616. The van der Waals surface area contributed by atoms with E-state index in [1.807, 2.05) is 31.2 Å². The number of fused-ring (bicyclic) bond motifs is 1. The van der Waals surface area contributed by atoms with Gasteiger partial charge in [0.15, 0.2) is 0 Å². The summed E-state index contributed by atoms with van der Waals surface area (Å²) in [6.07, 6.45) is 4.36. The Hall–Kier alpha value is -2.14. The number of hydrogen-bond acceptors (Lipinski definition) is 4. The number of carbonyl (C=O) groups is 1. The predicted molar refractivity (Wildman–Crippen MR) is 106 cm³/mol. The molecule has 0 aliphatic rings. The first-order valence-electron chi connectivity index (χ1n) is 9.28. The molecule has 1 amide bonds. The molecule has 1 heterocycles. The normalized spacial score (nSPS) is 13.6. The van der Waals surface area contributed by atoms with Crippen LogP contribution in [-0.2, 0) is 9.53 Å². The van der Waals surface area contributed by atoms with Gasteiger partial charge in [0.1, 0.15) is 16.9 Å². The van der Waals surface area contributed by atoms with Crippen molar-refractivity contribution < 1.29 is 14.3 Å². The molecule has 5 nitrogen and oxygen atoms in total. The van der Waals surface area contributed by atoms with Crippen molar-refractivity contribution in [3.8, 4) is 5.75 Å². The Labute approximate surface area is 156 Å². The van der Waals surface area contributed by atoms with Crippen LogP contribution in [0.15, 0.2) is 30.5 Å². The van der Waals surface area contributed by atoms with Crippen LogP contribution >= 0.6 is 0 Å². The zero-order valence-corrected chi connectivity index (χ0v) is 16.5. The quantitative estimate of drug-likeness (QED) is 0.699. The monoisotopic (exact) mass is 358 g/mol. The molecule has 1 aromatic carbocycles. The maximum absolute atomic E-state index is 12.8.